The molecule has 0 bridgehead atoms. The van der Waals surface area contributed by atoms with Gasteiger partial charge < -0.3 is 0 Å². The molecule has 0 radical (unpaired) electrons. The Morgan fingerprint density at radius 1 is 1.29 bits per heavy atom. The van der Waals surface area contributed by atoms with E-state index in [1.807, 2.05) is 6.26 Å². The van der Waals surface area contributed by atoms with Crippen LogP contribution in [0.5, 0.6) is 0 Å². The van der Waals surface area contributed by atoms with E-state index in [9.17, 15) is 21.2 Å². The molecular weight excluding hydrogens is 337 g/mol. The molecule has 0 amide bonds. The van der Waals surface area contributed by atoms with Crippen molar-refractivity contribution >= 4 is 31.6 Å². The summed E-state index contributed by atoms with van der Waals surface area (Å²) in [7, 11) is -7.68. The van der Waals surface area contributed by atoms with Crippen LogP contribution in [0.1, 0.15) is 12.8 Å². The molecule has 0 aliphatic heterocycles. The van der Waals surface area contributed by atoms with E-state index in [-0.39, 0.29) is 16.2 Å². The Balaban J connectivity index is 2.31. The summed E-state index contributed by atoms with van der Waals surface area (Å²) in [6, 6.07) is 2.76. The van der Waals surface area contributed by atoms with Crippen LogP contribution in [-0.4, -0.2) is 40.6 Å². The number of sulfonamides is 1. The number of hydrogen-bond acceptors (Lipinski definition) is 5. The van der Waals surface area contributed by atoms with Crippen LogP contribution in [0.2, 0.25) is 0 Å². The summed E-state index contributed by atoms with van der Waals surface area (Å²) in [4.78, 5) is -0.863. The van der Waals surface area contributed by atoms with Crippen LogP contribution in [0.3, 0.4) is 0 Å². The van der Waals surface area contributed by atoms with E-state index < -0.39 is 30.6 Å². The van der Waals surface area contributed by atoms with E-state index in [0.717, 1.165) is 37.3 Å². The average molecular weight is 353 g/mol. The van der Waals surface area contributed by atoms with Gasteiger partial charge in [-0.25, -0.2) is 25.9 Å². The molecule has 0 atom stereocenters. The smallest absolute Gasteiger partial charge is 0.224 e. The average Bonchev–Trinajstić information content (AvgIpc) is 3.16. The highest BCUT2D eigenvalue weighted by molar-refractivity contribution is 8.00. The van der Waals surface area contributed by atoms with E-state index in [1.54, 1.807) is 11.8 Å². The number of hydrogen-bond donors (Lipinski definition) is 1. The molecule has 118 valence electrons. The summed E-state index contributed by atoms with van der Waals surface area (Å²) in [5.41, 5.74) is 0. The molecule has 1 aromatic carbocycles. The predicted octanol–water partition coefficient (Wildman–Crippen LogP) is 1.40. The van der Waals surface area contributed by atoms with Gasteiger partial charge in [0.1, 0.15) is 10.7 Å². The van der Waals surface area contributed by atoms with Gasteiger partial charge in [0.25, 0.3) is 0 Å². The van der Waals surface area contributed by atoms with Gasteiger partial charge in [0.15, 0.2) is 9.84 Å². The molecule has 0 unspecified atom stereocenters. The van der Waals surface area contributed by atoms with E-state index in [2.05, 4.69) is 4.72 Å². The number of thioether (sulfide) groups is 1. The normalized spacial score (nSPS) is 17.7. The summed E-state index contributed by atoms with van der Waals surface area (Å²) < 4.78 is 63.2. The lowest BCUT2D eigenvalue weighted by atomic mass is 10.3. The largest absolute Gasteiger partial charge is 0.243 e. The quantitative estimate of drug-likeness (QED) is 0.782. The molecule has 1 saturated carbocycles. The number of sulfone groups is 1. The fraction of sp³-hybridized carbons (Fsp3) is 0.500. The Labute approximate surface area is 128 Å². The molecule has 1 aliphatic carbocycles. The van der Waals surface area contributed by atoms with Crippen molar-refractivity contribution in [2.75, 3.05) is 19.1 Å². The van der Waals surface area contributed by atoms with Crippen LogP contribution < -0.4 is 4.72 Å². The molecule has 5 nitrogen and oxygen atoms in total. The fourth-order valence-electron chi connectivity index (χ4n) is 1.82. The number of nitrogens with one attached hydrogen (secondary N) is 1. The minimum Gasteiger partial charge on any atom is -0.224 e. The van der Waals surface area contributed by atoms with Crippen molar-refractivity contribution < 1.29 is 21.2 Å². The Hall–Kier alpha value is -0.640. The molecule has 21 heavy (non-hydrogen) atoms. The zero-order valence-corrected chi connectivity index (χ0v) is 14.0. The first-order valence-corrected chi connectivity index (χ1v) is 10.7. The second-order valence-corrected chi connectivity index (χ2v) is 10.1. The lowest BCUT2D eigenvalue weighted by molar-refractivity contribution is 0.554. The molecule has 1 aromatic rings. The summed E-state index contributed by atoms with van der Waals surface area (Å²) in [5, 5.41) is 0. The lowest BCUT2D eigenvalue weighted by Gasteiger charge is -2.14. The van der Waals surface area contributed by atoms with Crippen molar-refractivity contribution in [3.8, 4) is 0 Å². The second-order valence-electron chi connectivity index (χ2n) is 5.08. The highest BCUT2D eigenvalue weighted by Gasteiger charge is 2.42. The molecule has 0 heterocycles. The van der Waals surface area contributed by atoms with E-state index in [1.165, 1.54) is 0 Å². The number of benzene rings is 1. The van der Waals surface area contributed by atoms with Crippen molar-refractivity contribution in [1.82, 2.24) is 4.72 Å². The SMILES string of the molecule is CSC1(CNS(=O)(=O)c2cc(S(C)(=O)=O)ccc2F)CC1. The maximum Gasteiger partial charge on any atom is 0.243 e. The molecule has 1 N–H and O–H groups in total. The van der Waals surface area contributed by atoms with Gasteiger partial charge >= 0.3 is 0 Å². The van der Waals surface area contributed by atoms with Crippen LogP contribution in [0.15, 0.2) is 28.0 Å². The van der Waals surface area contributed by atoms with Crippen LogP contribution in [0, 0.1) is 5.82 Å². The van der Waals surface area contributed by atoms with Gasteiger partial charge in [0.2, 0.25) is 10.0 Å². The standard InChI is InChI=1S/C12H16FNO4S3/c1-19-12(5-6-12)8-14-21(17,18)11-7-9(20(2,15)16)3-4-10(11)13/h3-4,7,14H,5-6,8H2,1-2H3. The van der Waals surface area contributed by atoms with E-state index >= 15 is 0 Å². The van der Waals surface area contributed by atoms with Gasteiger partial charge in [-0.1, -0.05) is 0 Å². The number of halogens is 1. The highest BCUT2D eigenvalue weighted by Crippen LogP contribution is 2.46. The fourth-order valence-corrected chi connectivity index (χ4v) is 4.59. The van der Waals surface area contributed by atoms with Gasteiger partial charge in [-0.2, -0.15) is 11.8 Å². The summed E-state index contributed by atoms with van der Waals surface area (Å²) in [5.74, 6) is -0.969. The molecule has 1 aliphatic rings. The van der Waals surface area contributed by atoms with Gasteiger partial charge in [-0.05, 0) is 37.3 Å². The zero-order chi connectivity index (χ0) is 15.9. The monoisotopic (exact) mass is 353 g/mol. The second kappa shape index (κ2) is 5.53. The molecule has 0 spiro atoms. The zero-order valence-electron chi connectivity index (χ0n) is 11.6. The van der Waals surface area contributed by atoms with Crippen molar-refractivity contribution in [1.29, 1.82) is 0 Å². The van der Waals surface area contributed by atoms with Crippen molar-refractivity contribution in [2.24, 2.45) is 0 Å². The van der Waals surface area contributed by atoms with Gasteiger partial charge in [0, 0.05) is 17.5 Å². The maximum atomic E-state index is 13.8. The highest BCUT2D eigenvalue weighted by atomic mass is 32.2. The molecule has 9 heteroatoms. The summed E-state index contributed by atoms with van der Waals surface area (Å²) >= 11 is 1.57. The minimum absolute atomic E-state index is 0.113. The lowest BCUT2D eigenvalue weighted by Crippen LogP contribution is -2.32. The maximum absolute atomic E-state index is 13.8. The van der Waals surface area contributed by atoms with Gasteiger partial charge in [-0.3, -0.25) is 0 Å². The molecule has 0 saturated heterocycles. The Morgan fingerprint density at radius 3 is 2.38 bits per heavy atom. The van der Waals surface area contributed by atoms with E-state index in [0.29, 0.717) is 0 Å². The first-order chi connectivity index (χ1) is 9.60. The van der Waals surface area contributed by atoms with Crippen LogP contribution >= 0.6 is 11.8 Å². The first kappa shape index (κ1) is 16.7. The summed E-state index contributed by atoms with van der Waals surface area (Å²) in [6.45, 7) is 0.207. The molecule has 1 fully saturated rings. The van der Waals surface area contributed by atoms with Crippen molar-refractivity contribution in [3.05, 3.63) is 24.0 Å². The third kappa shape index (κ3) is 3.77. The van der Waals surface area contributed by atoms with E-state index in [4.69, 9.17) is 0 Å². The molecule has 2 rings (SSSR count). The molecule has 0 aromatic heterocycles. The van der Waals surface area contributed by atoms with Crippen molar-refractivity contribution in [3.63, 3.8) is 0 Å². The predicted molar refractivity (Wildman–Crippen MR) is 80.2 cm³/mol. The molecular formula is C12H16FNO4S3. The van der Waals surface area contributed by atoms with Crippen LogP contribution in [0.4, 0.5) is 4.39 Å². The first-order valence-electron chi connectivity index (χ1n) is 6.14. The topological polar surface area (TPSA) is 80.3 Å². The van der Waals surface area contributed by atoms with Gasteiger partial charge in [0.05, 0.1) is 4.90 Å². The van der Waals surface area contributed by atoms with Gasteiger partial charge in [-0.15, -0.1) is 0 Å². The Bertz CT molecular complexity index is 755. The van der Waals surface area contributed by atoms with Crippen molar-refractivity contribution in [2.45, 2.75) is 27.4 Å². The van der Waals surface area contributed by atoms with Crippen LogP contribution in [-0.2, 0) is 19.9 Å². The summed E-state index contributed by atoms with van der Waals surface area (Å²) in [6.07, 6.45) is 4.65. The minimum atomic E-state index is -4.08. The Morgan fingerprint density at radius 2 is 1.90 bits per heavy atom. The van der Waals surface area contributed by atoms with Crippen LogP contribution in [0.25, 0.3) is 0 Å². The number of rotatable bonds is 6. The Kier molecular flexibility index (Phi) is 4.40. The third-order valence-electron chi connectivity index (χ3n) is 3.45. The third-order valence-corrected chi connectivity index (χ3v) is 7.39.